The Kier molecular flexibility index (Phi) is 4.50. The van der Waals surface area contributed by atoms with Crippen molar-refractivity contribution in [1.29, 1.82) is 0 Å². The van der Waals surface area contributed by atoms with Crippen LogP contribution in [0.15, 0.2) is 30.5 Å². The average Bonchev–Trinajstić information content (AvgIpc) is 3.24. The molecule has 1 heterocycles. The van der Waals surface area contributed by atoms with Gasteiger partial charge in [0.25, 0.3) is 0 Å². The van der Waals surface area contributed by atoms with Crippen LogP contribution in [0.2, 0.25) is 5.28 Å². The molecule has 1 N–H and O–H groups in total. The number of aromatic nitrogens is 2. The highest BCUT2D eigenvalue weighted by molar-refractivity contribution is 6.28. The van der Waals surface area contributed by atoms with Crippen LogP contribution in [0.4, 0.5) is 4.39 Å². The first-order valence-electron chi connectivity index (χ1n) is 7.54. The van der Waals surface area contributed by atoms with Gasteiger partial charge in [0.1, 0.15) is 5.82 Å². The van der Waals surface area contributed by atoms with Crippen LogP contribution in [0.3, 0.4) is 0 Å². The number of hydrogen-bond donors (Lipinski definition) is 1. The summed E-state index contributed by atoms with van der Waals surface area (Å²) in [6.45, 7) is 2.34. The second kappa shape index (κ2) is 6.42. The summed E-state index contributed by atoms with van der Waals surface area (Å²) in [6, 6.07) is 6.59. The van der Waals surface area contributed by atoms with Gasteiger partial charge in [0.15, 0.2) is 5.75 Å². The predicted octanol–water partition coefficient (Wildman–Crippen LogP) is 3.30. The van der Waals surface area contributed by atoms with E-state index in [2.05, 4.69) is 9.97 Å². The predicted molar refractivity (Wildman–Crippen MR) is 85.2 cm³/mol. The van der Waals surface area contributed by atoms with Gasteiger partial charge in [-0.25, -0.2) is 14.4 Å². The minimum atomic E-state index is -0.256. The lowest BCUT2D eigenvalue weighted by Gasteiger charge is -2.18. The van der Waals surface area contributed by atoms with Crippen LogP contribution in [-0.4, -0.2) is 28.3 Å². The summed E-state index contributed by atoms with van der Waals surface area (Å²) in [5.74, 6) is 0.480. The minimum Gasteiger partial charge on any atom is -0.490 e. The van der Waals surface area contributed by atoms with Crippen molar-refractivity contribution >= 4 is 11.6 Å². The van der Waals surface area contributed by atoms with Crippen molar-refractivity contribution < 1.29 is 14.2 Å². The maximum absolute atomic E-state index is 13.5. The third-order valence-corrected chi connectivity index (χ3v) is 4.74. The van der Waals surface area contributed by atoms with E-state index in [4.69, 9.17) is 16.3 Å². The Balaban J connectivity index is 1.69. The van der Waals surface area contributed by atoms with Gasteiger partial charge in [0.05, 0.1) is 18.5 Å². The van der Waals surface area contributed by atoms with Gasteiger partial charge in [0, 0.05) is 12.0 Å². The lowest BCUT2D eigenvalue weighted by atomic mass is 9.90. The summed E-state index contributed by atoms with van der Waals surface area (Å²) >= 11 is 5.73. The van der Waals surface area contributed by atoms with E-state index in [9.17, 15) is 9.50 Å². The summed E-state index contributed by atoms with van der Waals surface area (Å²) in [4.78, 5) is 7.96. The summed E-state index contributed by atoms with van der Waals surface area (Å²) < 4.78 is 19.3. The molecule has 2 aromatic rings. The fraction of sp³-hybridized carbons (Fsp3) is 0.412. The molecule has 1 saturated carbocycles. The zero-order valence-corrected chi connectivity index (χ0v) is 13.6. The van der Waals surface area contributed by atoms with Crippen molar-refractivity contribution in [2.45, 2.75) is 25.2 Å². The van der Waals surface area contributed by atoms with Gasteiger partial charge in [-0.05, 0) is 55.0 Å². The van der Waals surface area contributed by atoms with Gasteiger partial charge in [-0.3, -0.25) is 0 Å². The number of hydrogen-bond acceptors (Lipinski definition) is 4. The third kappa shape index (κ3) is 3.31. The van der Waals surface area contributed by atoms with Crippen molar-refractivity contribution in [3.8, 4) is 5.75 Å². The smallest absolute Gasteiger partial charge is 0.222 e. The van der Waals surface area contributed by atoms with E-state index in [1.54, 1.807) is 25.3 Å². The fourth-order valence-electron chi connectivity index (χ4n) is 3.13. The Morgan fingerprint density at radius 2 is 2.30 bits per heavy atom. The van der Waals surface area contributed by atoms with E-state index >= 15 is 0 Å². The van der Waals surface area contributed by atoms with E-state index in [1.807, 2.05) is 6.07 Å². The molecule has 2 atom stereocenters. The van der Waals surface area contributed by atoms with Crippen LogP contribution >= 0.6 is 11.6 Å². The second-order valence-corrected chi connectivity index (χ2v) is 6.28. The highest BCUT2D eigenvalue weighted by Gasteiger charge is 2.54. The van der Waals surface area contributed by atoms with Gasteiger partial charge >= 0.3 is 0 Å². The molecule has 1 aliphatic rings. The number of aliphatic hydroxyl groups is 1. The molecule has 1 aliphatic carbocycles. The number of ether oxygens (including phenoxy) is 1. The van der Waals surface area contributed by atoms with E-state index < -0.39 is 0 Å². The van der Waals surface area contributed by atoms with Crippen LogP contribution in [0, 0.1) is 18.7 Å². The number of rotatable bonds is 6. The Hall–Kier alpha value is -1.72. The van der Waals surface area contributed by atoms with E-state index in [1.165, 1.54) is 6.07 Å². The van der Waals surface area contributed by atoms with Crippen molar-refractivity contribution in [2.75, 3.05) is 13.2 Å². The molecule has 1 aromatic heterocycles. The maximum atomic E-state index is 13.5. The van der Waals surface area contributed by atoms with Crippen molar-refractivity contribution in [3.63, 3.8) is 0 Å². The van der Waals surface area contributed by atoms with E-state index in [-0.39, 0.29) is 29.0 Å². The molecule has 0 aliphatic heterocycles. The normalized spacial score (nSPS) is 22.9. The second-order valence-electron chi connectivity index (χ2n) is 5.94. The molecule has 3 rings (SSSR count). The van der Waals surface area contributed by atoms with Crippen LogP contribution in [-0.2, 0) is 5.41 Å². The zero-order valence-electron chi connectivity index (χ0n) is 12.8. The maximum Gasteiger partial charge on any atom is 0.222 e. The molecule has 0 radical (unpaired) electrons. The molecular weight excluding hydrogens is 319 g/mol. The van der Waals surface area contributed by atoms with Gasteiger partial charge in [-0.2, -0.15) is 0 Å². The minimum absolute atomic E-state index is 0.0968. The van der Waals surface area contributed by atoms with Crippen molar-refractivity contribution in [3.05, 3.63) is 52.8 Å². The van der Waals surface area contributed by atoms with Crippen molar-refractivity contribution in [1.82, 2.24) is 9.97 Å². The topological polar surface area (TPSA) is 55.2 Å². The number of nitrogens with zero attached hydrogens (tertiary/aromatic N) is 2. The first kappa shape index (κ1) is 16.1. The molecule has 6 heteroatoms. The highest BCUT2D eigenvalue weighted by atomic mass is 35.5. The Bertz CT molecular complexity index is 713. The van der Waals surface area contributed by atoms with Gasteiger partial charge in [-0.15, -0.1) is 0 Å². The third-order valence-electron chi connectivity index (χ3n) is 4.56. The van der Waals surface area contributed by atoms with E-state index in [0.717, 1.165) is 12.0 Å². The molecule has 0 spiro atoms. The number of aliphatic hydroxyl groups excluding tert-OH is 1. The molecule has 1 fully saturated rings. The summed E-state index contributed by atoms with van der Waals surface area (Å²) in [5.41, 5.74) is 1.39. The lowest BCUT2D eigenvalue weighted by Crippen LogP contribution is -2.17. The molecule has 1 aromatic carbocycles. The Morgan fingerprint density at radius 1 is 1.48 bits per heavy atom. The fourth-order valence-corrected chi connectivity index (χ4v) is 3.31. The summed E-state index contributed by atoms with van der Waals surface area (Å²) in [5, 5.41) is 9.68. The number of halogens is 2. The van der Waals surface area contributed by atoms with E-state index in [0.29, 0.717) is 24.5 Å². The molecule has 0 unspecified atom stereocenters. The molecule has 122 valence electrons. The Labute approximate surface area is 139 Å². The Morgan fingerprint density at radius 3 is 2.96 bits per heavy atom. The molecular formula is C17H18ClFN2O2. The van der Waals surface area contributed by atoms with Crippen LogP contribution in [0.5, 0.6) is 5.75 Å². The van der Waals surface area contributed by atoms with Crippen LogP contribution < -0.4 is 4.74 Å². The summed E-state index contributed by atoms with van der Waals surface area (Å²) in [6.07, 6.45) is 3.09. The van der Waals surface area contributed by atoms with Crippen LogP contribution in [0.25, 0.3) is 0 Å². The molecule has 23 heavy (non-hydrogen) atoms. The lowest BCUT2D eigenvalue weighted by molar-refractivity contribution is 0.243. The SMILES string of the molecule is Cc1nc(Cl)ncc1OCC[C@@]1(c2cccc(F)c2)C[C@H]1CO. The molecule has 0 bridgehead atoms. The van der Waals surface area contributed by atoms with Crippen LogP contribution in [0.1, 0.15) is 24.1 Å². The number of benzene rings is 1. The van der Waals surface area contributed by atoms with Gasteiger partial charge in [-0.1, -0.05) is 12.1 Å². The van der Waals surface area contributed by atoms with Crippen molar-refractivity contribution in [2.24, 2.45) is 5.92 Å². The first-order valence-corrected chi connectivity index (χ1v) is 7.92. The molecule has 0 amide bonds. The van der Waals surface area contributed by atoms with Gasteiger partial charge in [0.2, 0.25) is 5.28 Å². The number of aryl methyl sites for hydroxylation is 1. The monoisotopic (exact) mass is 336 g/mol. The standard InChI is InChI=1S/C17H18ClFN2O2/c1-11-15(9-20-16(18)21-11)23-6-5-17(8-13(17)10-22)12-3-2-4-14(19)7-12/h2-4,7,9,13,22H,5-6,8,10H2,1H3/t13-,17-/m0/s1. The largest absolute Gasteiger partial charge is 0.490 e. The van der Waals surface area contributed by atoms with Gasteiger partial charge < -0.3 is 9.84 Å². The highest BCUT2D eigenvalue weighted by Crippen LogP contribution is 2.56. The average molecular weight is 337 g/mol. The quantitative estimate of drug-likeness (QED) is 0.822. The molecule has 4 nitrogen and oxygen atoms in total. The molecule has 0 saturated heterocycles. The summed E-state index contributed by atoms with van der Waals surface area (Å²) in [7, 11) is 0. The first-order chi connectivity index (χ1) is 11.0. The zero-order chi connectivity index (χ0) is 16.4.